The first-order valence-corrected chi connectivity index (χ1v) is 8.84. The third-order valence-corrected chi connectivity index (χ3v) is 4.47. The molecule has 1 aromatic rings. The average Bonchev–Trinajstić information content (AvgIpc) is 2.40. The lowest BCUT2D eigenvalue weighted by Crippen LogP contribution is -2.38. The van der Waals surface area contributed by atoms with Gasteiger partial charge in [0.2, 0.25) is 0 Å². The Morgan fingerprint density at radius 2 is 1.91 bits per heavy atom. The van der Waals surface area contributed by atoms with E-state index in [-0.39, 0.29) is 6.09 Å². The van der Waals surface area contributed by atoms with E-state index in [0.29, 0.717) is 18.4 Å². The standard InChI is InChI=1S/C18H29BrN2O2/c1-12(2)14(11-21-17(22)23-18(4,5)6)10-20-15-7-8-16(19)13(3)9-15/h7-9,12,14,20H,10-11H2,1-6H3,(H,21,22). The Morgan fingerprint density at radius 3 is 2.43 bits per heavy atom. The second kappa shape index (κ2) is 8.57. The predicted octanol–water partition coefficient (Wildman–Crippen LogP) is 4.97. The molecular formula is C18H29BrN2O2. The molecule has 1 aromatic carbocycles. The Balaban J connectivity index is 2.52. The molecule has 0 spiro atoms. The Kier molecular flexibility index (Phi) is 7.39. The molecule has 0 aliphatic heterocycles. The molecule has 1 atom stereocenters. The molecule has 2 N–H and O–H groups in total. The lowest BCUT2D eigenvalue weighted by molar-refractivity contribution is 0.0516. The predicted molar refractivity (Wildman–Crippen MR) is 99.9 cm³/mol. The summed E-state index contributed by atoms with van der Waals surface area (Å²) in [6.45, 7) is 13.4. The van der Waals surface area contributed by atoms with Crippen LogP contribution < -0.4 is 10.6 Å². The van der Waals surface area contributed by atoms with E-state index in [1.54, 1.807) is 0 Å². The number of carbonyl (C=O) groups excluding carboxylic acids is 1. The summed E-state index contributed by atoms with van der Waals surface area (Å²) in [7, 11) is 0. The molecule has 0 bridgehead atoms. The van der Waals surface area contributed by atoms with Gasteiger partial charge in [0.15, 0.2) is 0 Å². The van der Waals surface area contributed by atoms with Crippen LogP contribution in [-0.2, 0) is 4.74 Å². The smallest absolute Gasteiger partial charge is 0.407 e. The maximum atomic E-state index is 11.8. The SMILES string of the molecule is Cc1cc(NCC(CNC(=O)OC(C)(C)C)C(C)C)ccc1Br. The maximum Gasteiger partial charge on any atom is 0.407 e. The molecule has 4 nitrogen and oxygen atoms in total. The number of rotatable bonds is 6. The van der Waals surface area contributed by atoms with Crippen molar-refractivity contribution in [2.75, 3.05) is 18.4 Å². The maximum absolute atomic E-state index is 11.8. The highest BCUT2D eigenvalue weighted by Crippen LogP contribution is 2.21. The van der Waals surface area contributed by atoms with Crippen molar-refractivity contribution in [2.45, 2.75) is 47.1 Å². The van der Waals surface area contributed by atoms with Crippen molar-refractivity contribution in [1.82, 2.24) is 5.32 Å². The van der Waals surface area contributed by atoms with Gasteiger partial charge in [-0.3, -0.25) is 0 Å². The minimum Gasteiger partial charge on any atom is -0.444 e. The molecule has 0 fully saturated rings. The molecule has 0 aliphatic carbocycles. The summed E-state index contributed by atoms with van der Waals surface area (Å²) in [6, 6.07) is 6.21. The van der Waals surface area contributed by atoms with Crippen LogP contribution >= 0.6 is 15.9 Å². The summed E-state index contributed by atoms with van der Waals surface area (Å²) in [5, 5.41) is 6.32. The largest absolute Gasteiger partial charge is 0.444 e. The van der Waals surface area contributed by atoms with E-state index < -0.39 is 5.60 Å². The number of halogens is 1. The van der Waals surface area contributed by atoms with Crippen LogP contribution in [0.4, 0.5) is 10.5 Å². The van der Waals surface area contributed by atoms with Crippen molar-refractivity contribution in [3.8, 4) is 0 Å². The normalized spacial score (nSPS) is 12.9. The van der Waals surface area contributed by atoms with E-state index in [1.165, 1.54) is 5.56 Å². The van der Waals surface area contributed by atoms with Crippen LogP contribution in [0.1, 0.15) is 40.2 Å². The summed E-state index contributed by atoms with van der Waals surface area (Å²) in [6.07, 6.45) is -0.359. The highest BCUT2D eigenvalue weighted by molar-refractivity contribution is 9.10. The molecule has 1 amide bonds. The van der Waals surface area contributed by atoms with Gasteiger partial charge in [-0.2, -0.15) is 0 Å². The second-order valence-corrected chi connectivity index (χ2v) is 8.09. The van der Waals surface area contributed by atoms with Crippen molar-refractivity contribution < 1.29 is 9.53 Å². The van der Waals surface area contributed by atoms with Crippen LogP contribution in [0.15, 0.2) is 22.7 Å². The molecule has 0 aromatic heterocycles. The highest BCUT2D eigenvalue weighted by atomic mass is 79.9. The molecule has 1 rings (SSSR count). The van der Waals surface area contributed by atoms with Crippen LogP contribution in [0.25, 0.3) is 0 Å². The van der Waals surface area contributed by atoms with Crippen molar-refractivity contribution >= 4 is 27.7 Å². The van der Waals surface area contributed by atoms with Gasteiger partial charge in [0, 0.05) is 23.2 Å². The quantitative estimate of drug-likeness (QED) is 0.727. The van der Waals surface area contributed by atoms with Crippen LogP contribution in [0, 0.1) is 18.8 Å². The number of aryl methyl sites for hydroxylation is 1. The zero-order valence-electron chi connectivity index (χ0n) is 15.0. The molecular weight excluding hydrogens is 356 g/mol. The van der Waals surface area contributed by atoms with Gasteiger partial charge in [0.1, 0.15) is 5.60 Å². The van der Waals surface area contributed by atoms with Gasteiger partial charge < -0.3 is 15.4 Å². The minimum absolute atomic E-state index is 0.325. The van der Waals surface area contributed by atoms with Gasteiger partial charge in [0.25, 0.3) is 0 Å². The summed E-state index contributed by atoms with van der Waals surface area (Å²) in [5.41, 5.74) is 1.82. The van der Waals surface area contributed by atoms with E-state index in [2.05, 4.69) is 59.5 Å². The molecule has 1 unspecified atom stereocenters. The van der Waals surface area contributed by atoms with Crippen LogP contribution in [0.5, 0.6) is 0 Å². The molecule has 0 heterocycles. The van der Waals surface area contributed by atoms with E-state index in [0.717, 1.165) is 16.7 Å². The zero-order valence-corrected chi connectivity index (χ0v) is 16.6. The number of carbonyl (C=O) groups is 1. The molecule has 5 heteroatoms. The number of hydrogen-bond donors (Lipinski definition) is 2. The number of anilines is 1. The number of nitrogens with one attached hydrogen (secondary N) is 2. The number of benzene rings is 1. The van der Waals surface area contributed by atoms with E-state index in [1.807, 2.05) is 26.8 Å². The molecule has 0 radical (unpaired) electrons. The van der Waals surface area contributed by atoms with E-state index in [9.17, 15) is 4.79 Å². The second-order valence-electron chi connectivity index (χ2n) is 7.23. The molecule has 0 saturated carbocycles. The topological polar surface area (TPSA) is 50.4 Å². The third-order valence-electron chi connectivity index (χ3n) is 3.58. The lowest BCUT2D eigenvalue weighted by Gasteiger charge is -2.24. The Labute approximate surface area is 148 Å². The first-order chi connectivity index (χ1) is 10.6. The molecule has 130 valence electrons. The molecule has 23 heavy (non-hydrogen) atoms. The minimum atomic E-state index is -0.468. The number of ether oxygens (including phenoxy) is 1. The van der Waals surface area contributed by atoms with Crippen LogP contribution in [-0.4, -0.2) is 24.8 Å². The summed E-state index contributed by atoms with van der Waals surface area (Å²) >= 11 is 3.51. The number of hydrogen-bond acceptors (Lipinski definition) is 3. The van der Waals surface area contributed by atoms with Gasteiger partial charge in [-0.1, -0.05) is 29.8 Å². The first-order valence-electron chi connectivity index (χ1n) is 8.05. The van der Waals surface area contributed by atoms with Gasteiger partial charge >= 0.3 is 6.09 Å². The monoisotopic (exact) mass is 384 g/mol. The van der Waals surface area contributed by atoms with Gasteiger partial charge in [0.05, 0.1) is 0 Å². The van der Waals surface area contributed by atoms with Crippen molar-refractivity contribution in [3.63, 3.8) is 0 Å². The third kappa shape index (κ3) is 7.73. The Hall–Kier alpha value is -1.23. The van der Waals surface area contributed by atoms with Crippen LogP contribution in [0.2, 0.25) is 0 Å². The first kappa shape index (κ1) is 19.8. The van der Waals surface area contributed by atoms with Gasteiger partial charge in [-0.25, -0.2) is 4.79 Å². The summed E-state index contributed by atoms with van der Waals surface area (Å²) < 4.78 is 6.39. The Bertz CT molecular complexity index is 524. The summed E-state index contributed by atoms with van der Waals surface area (Å²) in [4.78, 5) is 11.8. The van der Waals surface area contributed by atoms with Gasteiger partial charge in [-0.15, -0.1) is 0 Å². The van der Waals surface area contributed by atoms with Crippen molar-refractivity contribution in [3.05, 3.63) is 28.2 Å². The fourth-order valence-corrected chi connectivity index (χ4v) is 2.32. The molecule has 0 saturated heterocycles. The molecule has 0 aliphatic rings. The van der Waals surface area contributed by atoms with Crippen molar-refractivity contribution in [2.24, 2.45) is 11.8 Å². The highest BCUT2D eigenvalue weighted by Gasteiger charge is 2.19. The van der Waals surface area contributed by atoms with Crippen LogP contribution in [0.3, 0.4) is 0 Å². The Morgan fingerprint density at radius 1 is 1.26 bits per heavy atom. The van der Waals surface area contributed by atoms with Crippen molar-refractivity contribution in [1.29, 1.82) is 0 Å². The summed E-state index contributed by atoms with van der Waals surface area (Å²) in [5.74, 6) is 0.778. The van der Waals surface area contributed by atoms with Gasteiger partial charge in [-0.05, 0) is 63.3 Å². The number of amides is 1. The average molecular weight is 385 g/mol. The number of alkyl carbamates (subject to hydrolysis) is 1. The van der Waals surface area contributed by atoms with E-state index in [4.69, 9.17) is 4.74 Å². The zero-order chi connectivity index (χ0) is 17.6. The fraction of sp³-hybridized carbons (Fsp3) is 0.611. The lowest BCUT2D eigenvalue weighted by atomic mass is 9.95. The van der Waals surface area contributed by atoms with E-state index >= 15 is 0 Å². The fourth-order valence-electron chi connectivity index (χ4n) is 2.08.